The summed E-state index contributed by atoms with van der Waals surface area (Å²) in [6.45, 7) is 11.9. The van der Waals surface area contributed by atoms with Crippen LogP contribution in [0.5, 0.6) is 0 Å². The molecule has 2 unspecified atom stereocenters. The molecular weight excluding hydrogens is 238 g/mol. The van der Waals surface area contributed by atoms with Crippen LogP contribution in [0, 0.1) is 5.92 Å². The molecule has 0 aliphatic carbocycles. The van der Waals surface area contributed by atoms with E-state index in [0.717, 1.165) is 25.1 Å². The Balaban J connectivity index is 2.23. The molecule has 0 radical (unpaired) electrons. The van der Waals surface area contributed by atoms with Gasteiger partial charge in [0.2, 0.25) is 0 Å². The topological polar surface area (TPSA) is 34.4 Å². The van der Waals surface area contributed by atoms with Crippen molar-refractivity contribution in [2.75, 3.05) is 6.54 Å². The van der Waals surface area contributed by atoms with Crippen molar-refractivity contribution < 1.29 is 9.15 Å². The van der Waals surface area contributed by atoms with E-state index in [1.807, 2.05) is 6.07 Å². The minimum Gasteiger partial charge on any atom is -0.468 e. The van der Waals surface area contributed by atoms with Crippen molar-refractivity contribution in [1.82, 2.24) is 5.32 Å². The summed E-state index contributed by atoms with van der Waals surface area (Å²) in [5.41, 5.74) is -0.200. The maximum atomic E-state index is 6.23. The minimum atomic E-state index is -0.137. The number of furan rings is 1. The van der Waals surface area contributed by atoms with E-state index in [1.165, 1.54) is 0 Å². The number of hydrogen-bond donors (Lipinski definition) is 1. The number of nitrogens with one attached hydrogen (secondary N) is 1. The second kappa shape index (κ2) is 5.29. The Hall–Kier alpha value is -0.800. The average Bonchev–Trinajstić information content (AvgIpc) is 2.86. The van der Waals surface area contributed by atoms with Crippen LogP contribution in [-0.4, -0.2) is 17.7 Å². The van der Waals surface area contributed by atoms with Gasteiger partial charge in [0.1, 0.15) is 5.76 Å². The lowest BCUT2D eigenvalue weighted by Gasteiger charge is -2.32. The molecule has 1 aromatic rings. The first-order valence-electron chi connectivity index (χ1n) is 7.33. The molecule has 3 heteroatoms. The molecule has 2 atom stereocenters. The lowest BCUT2D eigenvalue weighted by atomic mass is 9.80. The second-order valence-corrected chi connectivity index (χ2v) is 6.72. The Morgan fingerprint density at radius 3 is 2.58 bits per heavy atom. The zero-order valence-electron chi connectivity index (χ0n) is 12.8. The van der Waals surface area contributed by atoms with E-state index >= 15 is 0 Å². The summed E-state index contributed by atoms with van der Waals surface area (Å²) in [5.74, 6) is 1.44. The smallest absolute Gasteiger partial charge is 0.121 e. The molecular formula is C16H27NO2. The number of ether oxygens (including phenoxy) is 1. The van der Waals surface area contributed by atoms with E-state index in [4.69, 9.17) is 9.15 Å². The Morgan fingerprint density at radius 1 is 1.37 bits per heavy atom. The first-order chi connectivity index (χ1) is 8.86. The molecule has 0 amide bonds. The fraction of sp³-hybridized carbons (Fsp3) is 0.750. The van der Waals surface area contributed by atoms with E-state index < -0.39 is 0 Å². The van der Waals surface area contributed by atoms with Crippen LogP contribution >= 0.6 is 0 Å². The molecule has 1 N–H and O–H groups in total. The fourth-order valence-corrected chi connectivity index (χ4v) is 3.33. The highest BCUT2D eigenvalue weighted by Gasteiger charge is 2.49. The molecule has 2 heterocycles. The maximum absolute atomic E-state index is 6.23. The third-order valence-corrected chi connectivity index (χ3v) is 4.01. The summed E-state index contributed by atoms with van der Waals surface area (Å²) >= 11 is 0. The van der Waals surface area contributed by atoms with Crippen molar-refractivity contribution >= 4 is 0 Å². The van der Waals surface area contributed by atoms with E-state index in [9.17, 15) is 0 Å². The van der Waals surface area contributed by atoms with Gasteiger partial charge in [-0.15, -0.1) is 0 Å². The van der Waals surface area contributed by atoms with Crippen LogP contribution < -0.4 is 5.32 Å². The van der Waals surface area contributed by atoms with Crippen molar-refractivity contribution in [3.05, 3.63) is 24.2 Å². The van der Waals surface area contributed by atoms with Crippen molar-refractivity contribution in [2.45, 2.75) is 64.7 Å². The van der Waals surface area contributed by atoms with E-state index in [0.29, 0.717) is 5.92 Å². The van der Waals surface area contributed by atoms with Crippen LogP contribution in [0.1, 0.15) is 59.3 Å². The molecule has 3 nitrogen and oxygen atoms in total. The second-order valence-electron chi connectivity index (χ2n) is 6.72. The first kappa shape index (κ1) is 14.6. The highest BCUT2D eigenvalue weighted by molar-refractivity contribution is 5.11. The van der Waals surface area contributed by atoms with Crippen molar-refractivity contribution in [3.8, 4) is 0 Å². The molecule has 0 spiro atoms. The van der Waals surface area contributed by atoms with Crippen LogP contribution in [0.25, 0.3) is 0 Å². The molecule has 0 aromatic carbocycles. The van der Waals surface area contributed by atoms with Crippen LogP contribution in [0.3, 0.4) is 0 Å². The highest BCUT2D eigenvalue weighted by atomic mass is 16.5. The molecule has 1 saturated heterocycles. The molecule has 1 aliphatic heterocycles. The summed E-state index contributed by atoms with van der Waals surface area (Å²) in [5, 5.41) is 3.63. The zero-order valence-corrected chi connectivity index (χ0v) is 12.8. The molecule has 1 aliphatic rings. The molecule has 0 bridgehead atoms. The predicted molar refractivity (Wildman–Crippen MR) is 77.1 cm³/mol. The van der Waals surface area contributed by atoms with Crippen LogP contribution in [0.2, 0.25) is 0 Å². The fourth-order valence-electron chi connectivity index (χ4n) is 3.33. The summed E-state index contributed by atoms with van der Waals surface area (Å²) in [7, 11) is 0. The Kier molecular flexibility index (Phi) is 4.07. The summed E-state index contributed by atoms with van der Waals surface area (Å²) in [6.07, 6.45) is 3.92. The van der Waals surface area contributed by atoms with Gasteiger partial charge in [-0.25, -0.2) is 0 Å². The minimum absolute atomic E-state index is 0.0626. The lowest BCUT2D eigenvalue weighted by Crippen LogP contribution is -2.38. The van der Waals surface area contributed by atoms with Gasteiger partial charge < -0.3 is 14.5 Å². The van der Waals surface area contributed by atoms with Gasteiger partial charge in [-0.1, -0.05) is 6.92 Å². The van der Waals surface area contributed by atoms with Gasteiger partial charge in [-0.05, 0) is 59.2 Å². The maximum Gasteiger partial charge on any atom is 0.121 e. The van der Waals surface area contributed by atoms with E-state index in [1.54, 1.807) is 6.26 Å². The quantitative estimate of drug-likeness (QED) is 0.876. The average molecular weight is 265 g/mol. The van der Waals surface area contributed by atoms with Gasteiger partial charge in [-0.2, -0.15) is 0 Å². The molecule has 108 valence electrons. The van der Waals surface area contributed by atoms with Crippen LogP contribution in [0.15, 0.2) is 22.8 Å². The molecule has 19 heavy (non-hydrogen) atoms. The first-order valence-corrected chi connectivity index (χ1v) is 7.33. The lowest BCUT2D eigenvalue weighted by molar-refractivity contribution is -0.0784. The van der Waals surface area contributed by atoms with Gasteiger partial charge in [0.05, 0.1) is 23.5 Å². The van der Waals surface area contributed by atoms with Crippen molar-refractivity contribution in [1.29, 1.82) is 0 Å². The summed E-state index contributed by atoms with van der Waals surface area (Å²) in [6, 6.07) is 4.25. The van der Waals surface area contributed by atoms with Crippen molar-refractivity contribution in [3.63, 3.8) is 0 Å². The summed E-state index contributed by atoms with van der Waals surface area (Å²) in [4.78, 5) is 0. The SMILES string of the molecule is CCCNC(c1ccco1)C1CC(C)(C)OC1(C)C. The zero-order chi connectivity index (χ0) is 14.1. The van der Waals surface area contributed by atoms with Gasteiger partial charge in [0, 0.05) is 5.92 Å². The Morgan fingerprint density at radius 2 is 2.11 bits per heavy atom. The largest absolute Gasteiger partial charge is 0.468 e. The van der Waals surface area contributed by atoms with Gasteiger partial charge >= 0.3 is 0 Å². The van der Waals surface area contributed by atoms with E-state index in [2.05, 4.69) is 46.0 Å². The monoisotopic (exact) mass is 265 g/mol. The van der Waals surface area contributed by atoms with Gasteiger partial charge in [0.25, 0.3) is 0 Å². The molecule has 0 saturated carbocycles. The standard InChI is InChI=1S/C16H27NO2/c1-6-9-17-14(13-8-7-10-18-13)12-11-15(2,3)19-16(12,4)5/h7-8,10,12,14,17H,6,9,11H2,1-5H3. The van der Waals surface area contributed by atoms with Crippen molar-refractivity contribution in [2.24, 2.45) is 5.92 Å². The van der Waals surface area contributed by atoms with Gasteiger partial charge in [-0.3, -0.25) is 0 Å². The van der Waals surface area contributed by atoms with E-state index in [-0.39, 0.29) is 17.2 Å². The Bertz CT molecular complexity index is 395. The van der Waals surface area contributed by atoms with Gasteiger partial charge in [0.15, 0.2) is 0 Å². The predicted octanol–water partition coefficient (Wildman–Crippen LogP) is 3.91. The molecule has 1 aromatic heterocycles. The van der Waals surface area contributed by atoms with Crippen LogP contribution in [0.4, 0.5) is 0 Å². The molecule has 2 rings (SSSR count). The third kappa shape index (κ3) is 3.21. The Labute approximate surface area is 116 Å². The third-order valence-electron chi connectivity index (χ3n) is 4.01. The summed E-state index contributed by atoms with van der Waals surface area (Å²) < 4.78 is 11.9. The highest BCUT2D eigenvalue weighted by Crippen LogP contribution is 2.47. The number of rotatable bonds is 5. The molecule has 1 fully saturated rings. The number of hydrogen-bond acceptors (Lipinski definition) is 3. The van der Waals surface area contributed by atoms with Crippen LogP contribution in [-0.2, 0) is 4.74 Å². The normalized spacial score (nSPS) is 26.5.